The maximum absolute atomic E-state index is 13.2. The van der Waals surface area contributed by atoms with Crippen LogP contribution in [0.25, 0.3) is 0 Å². The number of carbonyl (C=O) groups excluding carboxylic acids is 2. The summed E-state index contributed by atoms with van der Waals surface area (Å²) in [5, 5.41) is 2.63. The third-order valence-corrected chi connectivity index (χ3v) is 3.26. The van der Waals surface area contributed by atoms with Crippen LogP contribution in [0.5, 0.6) is 0 Å². The second-order valence-electron chi connectivity index (χ2n) is 4.87. The van der Waals surface area contributed by atoms with Gasteiger partial charge in [-0.2, -0.15) is 0 Å². The number of benzene rings is 2. The molecule has 0 saturated carbocycles. The Labute approximate surface area is 132 Å². The molecule has 0 saturated heterocycles. The molecule has 1 atom stereocenters. The first-order chi connectivity index (χ1) is 11.0. The summed E-state index contributed by atoms with van der Waals surface area (Å²) in [4.78, 5) is 23.7. The van der Waals surface area contributed by atoms with E-state index in [-0.39, 0.29) is 12.0 Å². The van der Waals surface area contributed by atoms with Crippen molar-refractivity contribution in [2.75, 3.05) is 7.11 Å². The van der Waals surface area contributed by atoms with Gasteiger partial charge in [-0.05, 0) is 35.9 Å². The van der Waals surface area contributed by atoms with Gasteiger partial charge in [-0.1, -0.05) is 18.2 Å². The lowest BCUT2D eigenvalue weighted by atomic mass is 10.0. The Hall–Kier alpha value is -2.76. The molecule has 0 aliphatic rings. The van der Waals surface area contributed by atoms with E-state index in [1.54, 1.807) is 0 Å². The molecule has 0 fully saturated rings. The largest absolute Gasteiger partial charge is 0.469 e. The molecule has 23 heavy (non-hydrogen) atoms. The summed E-state index contributed by atoms with van der Waals surface area (Å²) in [5.74, 6) is -2.03. The topological polar surface area (TPSA) is 55.4 Å². The van der Waals surface area contributed by atoms with Gasteiger partial charge in [0.2, 0.25) is 0 Å². The predicted molar refractivity (Wildman–Crippen MR) is 79.6 cm³/mol. The minimum absolute atomic E-state index is 0.122. The molecule has 2 aromatic rings. The van der Waals surface area contributed by atoms with Crippen molar-refractivity contribution < 1.29 is 23.1 Å². The van der Waals surface area contributed by atoms with E-state index < -0.39 is 29.6 Å². The summed E-state index contributed by atoms with van der Waals surface area (Å²) < 4.78 is 30.8. The molecule has 1 N–H and O–H groups in total. The lowest BCUT2D eigenvalue weighted by Crippen LogP contribution is -2.30. The van der Waals surface area contributed by atoms with Crippen LogP contribution in [0.3, 0.4) is 0 Å². The van der Waals surface area contributed by atoms with Crippen molar-refractivity contribution in [3.05, 3.63) is 71.3 Å². The zero-order chi connectivity index (χ0) is 16.8. The predicted octanol–water partition coefficient (Wildman–Crippen LogP) is 3.00. The Balaban J connectivity index is 2.21. The summed E-state index contributed by atoms with van der Waals surface area (Å²) in [6.45, 7) is 0. The van der Waals surface area contributed by atoms with E-state index in [1.165, 1.54) is 49.6 Å². The molecular formula is C17H15F2NO3. The van der Waals surface area contributed by atoms with Crippen LogP contribution in [0.15, 0.2) is 48.5 Å². The average Bonchev–Trinajstić information content (AvgIpc) is 2.54. The lowest BCUT2D eigenvalue weighted by Gasteiger charge is -2.18. The minimum Gasteiger partial charge on any atom is -0.469 e. The summed E-state index contributed by atoms with van der Waals surface area (Å²) in [5.41, 5.74) is 0.670. The molecule has 2 aromatic carbocycles. The number of carbonyl (C=O) groups is 2. The number of rotatable bonds is 5. The zero-order valence-corrected chi connectivity index (χ0v) is 12.4. The van der Waals surface area contributed by atoms with Crippen LogP contribution in [0.2, 0.25) is 0 Å². The van der Waals surface area contributed by atoms with Crippen LogP contribution < -0.4 is 5.32 Å². The van der Waals surface area contributed by atoms with Crippen molar-refractivity contribution in [3.63, 3.8) is 0 Å². The number of ether oxygens (including phenoxy) is 1. The van der Waals surface area contributed by atoms with Crippen molar-refractivity contribution in [2.24, 2.45) is 0 Å². The molecule has 1 amide bonds. The Kier molecular flexibility index (Phi) is 5.41. The first kappa shape index (κ1) is 16.6. The lowest BCUT2D eigenvalue weighted by molar-refractivity contribution is -0.141. The van der Waals surface area contributed by atoms with Crippen LogP contribution in [0, 0.1) is 11.6 Å². The normalized spacial score (nSPS) is 11.6. The summed E-state index contributed by atoms with van der Waals surface area (Å²) >= 11 is 0. The van der Waals surface area contributed by atoms with E-state index in [4.69, 9.17) is 0 Å². The number of halogens is 2. The number of hydrogen-bond donors (Lipinski definition) is 1. The number of amides is 1. The first-order valence-electron chi connectivity index (χ1n) is 6.88. The Morgan fingerprint density at radius 3 is 2.39 bits per heavy atom. The Morgan fingerprint density at radius 2 is 1.78 bits per heavy atom. The molecule has 2 rings (SSSR count). The molecule has 0 bridgehead atoms. The fourth-order valence-electron chi connectivity index (χ4n) is 2.07. The molecule has 0 aliphatic heterocycles. The third-order valence-electron chi connectivity index (χ3n) is 3.26. The van der Waals surface area contributed by atoms with E-state index in [1.807, 2.05) is 0 Å². The van der Waals surface area contributed by atoms with Crippen LogP contribution in [-0.4, -0.2) is 19.0 Å². The van der Waals surface area contributed by atoms with Gasteiger partial charge >= 0.3 is 5.97 Å². The zero-order valence-electron chi connectivity index (χ0n) is 12.4. The van der Waals surface area contributed by atoms with Gasteiger partial charge in [0.1, 0.15) is 11.6 Å². The van der Waals surface area contributed by atoms with Gasteiger partial charge in [0, 0.05) is 5.56 Å². The van der Waals surface area contributed by atoms with Crippen molar-refractivity contribution >= 4 is 11.9 Å². The quantitative estimate of drug-likeness (QED) is 0.862. The van der Waals surface area contributed by atoms with Crippen LogP contribution in [0.4, 0.5) is 8.78 Å². The molecule has 0 radical (unpaired) electrons. The van der Waals surface area contributed by atoms with E-state index in [9.17, 15) is 18.4 Å². The van der Waals surface area contributed by atoms with Gasteiger partial charge in [-0.25, -0.2) is 8.78 Å². The van der Waals surface area contributed by atoms with Gasteiger partial charge in [0.25, 0.3) is 5.91 Å². The molecule has 0 aromatic heterocycles. The van der Waals surface area contributed by atoms with E-state index in [2.05, 4.69) is 10.1 Å². The molecule has 0 heterocycles. The SMILES string of the molecule is COC(=O)CC(NC(=O)c1cccc(F)c1)c1ccc(F)cc1. The van der Waals surface area contributed by atoms with Crippen molar-refractivity contribution in [1.82, 2.24) is 5.32 Å². The number of nitrogens with one attached hydrogen (secondary N) is 1. The number of methoxy groups -OCH3 is 1. The number of hydrogen-bond acceptors (Lipinski definition) is 3. The average molecular weight is 319 g/mol. The molecule has 120 valence electrons. The molecule has 0 aliphatic carbocycles. The van der Waals surface area contributed by atoms with Gasteiger partial charge in [0.05, 0.1) is 19.6 Å². The Morgan fingerprint density at radius 1 is 1.09 bits per heavy atom. The highest BCUT2D eigenvalue weighted by atomic mass is 19.1. The number of esters is 1. The van der Waals surface area contributed by atoms with E-state index in [0.29, 0.717) is 5.56 Å². The Bertz CT molecular complexity index is 701. The molecule has 0 spiro atoms. The highest BCUT2D eigenvalue weighted by Crippen LogP contribution is 2.19. The fourth-order valence-corrected chi connectivity index (χ4v) is 2.07. The van der Waals surface area contributed by atoms with E-state index >= 15 is 0 Å². The maximum atomic E-state index is 13.2. The van der Waals surface area contributed by atoms with E-state index in [0.717, 1.165) is 6.07 Å². The minimum atomic E-state index is -0.709. The second-order valence-corrected chi connectivity index (χ2v) is 4.87. The molecule has 1 unspecified atom stereocenters. The van der Waals surface area contributed by atoms with Crippen LogP contribution in [-0.2, 0) is 9.53 Å². The second kappa shape index (κ2) is 7.49. The molecular weight excluding hydrogens is 304 g/mol. The van der Waals surface area contributed by atoms with Crippen LogP contribution in [0.1, 0.15) is 28.4 Å². The smallest absolute Gasteiger partial charge is 0.307 e. The molecule has 6 heteroatoms. The maximum Gasteiger partial charge on any atom is 0.307 e. The monoisotopic (exact) mass is 319 g/mol. The van der Waals surface area contributed by atoms with Gasteiger partial charge in [0.15, 0.2) is 0 Å². The summed E-state index contributed by atoms with van der Waals surface area (Å²) in [6.07, 6.45) is -0.122. The van der Waals surface area contributed by atoms with Crippen molar-refractivity contribution in [2.45, 2.75) is 12.5 Å². The molecule has 4 nitrogen and oxygen atoms in total. The van der Waals surface area contributed by atoms with Crippen molar-refractivity contribution in [3.8, 4) is 0 Å². The summed E-state index contributed by atoms with van der Waals surface area (Å²) in [6, 6.07) is 9.87. The first-order valence-corrected chi connectivity index (χ1v) is 6.88. The van der Waals surface area contributed by atoms with Crippen LogP contribution >= 0.6 is 0 Å². The highest BCUT2D eigenvalue weighted by molar-refractivity contribution is 5.94. The third kappa shape index (κ3) is 4.60. The summed E-state index contributed by atoms with van der Waals surface area (Å²) in [7, 11) is 1.23. The fraction of sp³-hybridized carbons (Fsp3) is 0.176. The van der Waals surface area contributed by atoms with Gasteiger partial charge in [-0.3, -0.25) is 9.59 Å². The van der Waals surface area contributed by atoms with Crippen molar-refractivity contribution in [1.29, 1.82) is 0 Å². The standard InChI is InChI=1S/C17H15F2NO3/c1-23-16(21)10-15(11-5-7-13(18)8-6-11)20-17(22)12-3-2-4-14(19)9-12/h2-9,15H,10H2,1H3,(H,20,22). The van der Waals surface area contributed by atoms with Gasteiger partial charge < -0.3 is 10.1 Å². The highest BCUT2D eigenvalue weighted by Gasteiger charge is 2.20. The van der Waals surface area contributed by atoms with Gasteiger partial charge in [-0.15, -0.1) is 0 Å².